The van der Waals surface area contributed by atoms with Gasteiger partial charge in [-0.25, -0.2) is 0 Å². The van der Waals surface area contributed by atoms with Gasteiger partial charge in [-0.2, -0.15) is 5.10 Å². The van der Waals surface area contributed by atoms with Crippen LogP contribution < -0.4 is 5.32 Å². The molecule has 1 unspecified atom stereocenters. The molecular weight excluding hydrogens is 312 g/mol. The van der Waals surface area contributed by atoms with E-state index in [1.54, 1.807) is 0 Å². The molecule has 0 radical (unpaired) electrons. The molecule has 1 atom stereocenters. The Morgan fingerprint density at radius 3 is 2.64 bits per heavy atom. The Hall–Kier alpha value is -1.36. The summed E-state index contributed by atoms with van der Waals surface area (Å²) in [6.07, 6.45) is 11.6. The first kappa shape index (κ1) is 18.4. The van der Waals surface area contributed by atoms with E-state index in [-0.39, 0.29) is 17.5 Å². The summed E-state index contributed by atoms with van der Waals surface area (Å²) in [5.41, 5.74) is 2.50. The molecule has 25 heavy (non-hydrogen) atoms. The lowest BCUT2D eigenvalue weighted by Crippen LogP contribution is -2.43. The van der Waals surface area contributed by atoms with Gasteiger partial charge in [0.05, 0.1) is 24.3 Å². The minimum absolute atomic E-state index is 0.0132. The van der Waals surface area contributed by atoms with Crippen LogP contribution in [0.5, 0.6) is 0 Å². The Labute approximate surface area is 152 Å². The van der Waals surface area contributed by atoms with E-state index in [9.17, 15) is 4.79 Å². The molecule has 2 aliphatic carbocycles. The van der Waals surface area contributed by atoms with Gasteiger partial charge in [0, 0.05) is 17.3 Å². The topological polar surface area (TPSA) is 50.2 Å². The normalized spacial score (nSPS) is 22.0. The molecule has 1 aromatic heterocycles. The molecule has 0 aromatic carbocycles. The maximum atomic E-state index is 12.6. The number of hydrogen-bond acceptors (Lipinski definition) is 3. The number of nitrogens with zero attached hydrogens (tertiary/aromatic N) is 3. The number of likely N-dealkylation sites (N-methyl/N-ethyl adjacent to an activating group) is 1. The summed E-state index contributed by atoms with van der Waals surface area (Å²) in [5, 5.41) is 7.89. The van der Waals surface area contributed by atoms with Crippen LogP contribution in [0.4, 0.5) is 0 Å². The standard InChI is InChI=1S/C20H34N4O/c1-20(2,3)24-18-12-8-11-17(16(18)13-21-24)22-19(25)14-23(4)15-9-6-5-7-10-15/h13,15,17H,5-12,14H2,1-4H3,(H,22,25). The maximum Gasteiger partial charge on any atom is 0.234 e. The second kappa shape index (κ2) is 7.48. The molecule has 5 nitrogen and oxygen atoms in total. The van der Waals surface area contributed by atoms with Crippen LogP contribution in [-0.2, 0) is 16.8 Å². The van der Waals surface area contributed by atoms with Crippen molar-refractivity contribution in [1.29, 1.82) is 0 Å². The van der Waals surface area contributed by atoms with Crippen molar-refractivity contribution in [2.45, 2.75) is 89.8 Å². The highest BCUT2D eigenvalue weighted by Crippen LogP contribution is 2.32. The maximum absolute atomic E-state index is 12.6. The summed E-state index contributed by atoms with van der Waals surface area (Å²) in [4.78, 5) is 14.8. The molecule has 0 spiro atoms. The molecule has 2 aliphatic rings. The van der Waals surface area contributed by atoms with E-state index in [0.717, 1.165) is 19.3 Å². The van der Waals surface area contributed by atoms with Crippen molar-refractivity contribution >= 4 is 5.91 Å². The van der Waals surface area contributed by atoms with Crippen molar-refractivity contribution in [3.63, 3.8) is 0 Å². The van der Waals surface area contributed by atoms with Crippen LogP contribution in [0.2, 0.25) is 0 Å². The van der Waals surface area contributed by atoms with E-state index in [4.69, 9.17) is 0 Å². The number of aromatic nitrogens is 2. The highest BCUT2D eigenvalue weighted by atomic mass is 16.2. The van der Waals surface area contributed by atoms with Gasteiger partial charge in [0.25, 0.3) is 0 Å². The number of rotatable bonds is 4. The number of amides is 1. The molecule has 140 valence electrons. The number of hydrogen-bond donors (Lipinski definition) is 1. The largest absolute Gasteiger partial charge is 0.348 e. The molecular formula is C20H34N4O. The highest BCUT2D eigenvalue weighted by molar-refractivity contribution is 5.78. The van der Waals surface area contributed by atoms with Crippen LogP contribution >= 0.6 is 0 Å². The second-order valence-corrected chi connectivity index (χ2v) is 8.85. The van der Waals surface area contributed by atoms with Gasteiger partial charge in [-0.3, -0.25) is 14.4 Å². The molecule has 1 aromatic rings. The van der Waals surface area contributed by atoms with E-state index in [0.29, 0.717) is 12.6 Å². The van der Waals surface area contributed by atoms with E-state index < -0.39 is 0 Å². The molecule has 0 saturated heterocycles. The molecule has 0 aliphatic heterocycles. The van der Waals surface area contributed by atoms with Crippen molar-refractivity contribution in [1.82, 2.24) is 20.0 Å². The van der Waals surface area contributed by atoms with Crippen LogP contribution in [0.1, 0.15) is 83.0 Å². The minimum atomic E-state index is -0.0132. The smallest absolute Gasteiger partial charge is 0.234 e. The average Bonchev–Trinajstić information content (AvgIpc) is 3.01. The van der Waals surface area contributed by atoms with Crippen LogP contribution in [0, 0.1) is 0 Å². The Morgan fingerprint density at radius 2 is 1.96 bits per heavy atom. The SMILES string of the molecule is CN(CC(=O)NC1CCCc2c1cnn2C(C)(C)C)C1CCCCC1. The number of carbonyl (C=O) groups is 1. The Morgan fingerprint density at radius 1 is 1.24 bits per heavy atom. The zero-order valence-electron chi connectivity index (χ0n) is 16.3. The third-order valence-electron chi connectivity index (χ3n) is 5.74. The Balaban J connectivity index is 1.62. The molecule has 1 fully saturated rings. The highest BCUT2D eigenvalue weighted by Gasteiger charge is 2.29. The number of nitrogens with one attached hydrogen (secondary N) is 1. The van der Waals surface area contributed by atoms with Crippen LogP contribution in [0.25, 0.3) is 0 Å². The van der Waals surface area contributed by atoms with E-state index in [1.807, 2.05) is 6.20 Å². The fourth-order valence-electron chi connectivity index (χ4n) is 4.40. The molecule has 5 heteroatoms. The predicted molar refractivity (Wildman–Crippen MR) is 101 cm³/mol. The third kappa shape index (κ3) is 4.25. The van der Waals surface area contributed by atoms with E-state index in [2.05, 4.69) is 47.8 Å². The first-order valence-electron chi connectivity index (χ1n) is 9.93. The molecule has 1 amide bonds. The summed E-state index contributed by atoms with van der Waals surface area (Å²) in [7, 11) is 2.10. The molecule has 1 heterocycles. The lowest BCUT2D eigenvalue weighted by molar-refractivity contribution is -0.123. The average molecular weight is 347 g/mol. The Kier molecular flexibility index (Phi) is 5.52. The van der Waals surface area contributed by atoms with Gasteiger partial charge < -0.3 is 5.32 Å². The summed E-state index contributed by atoms with van der Waals surface area (Å²) >= 11 is 0. The summed E-state index contributed by atoms with van der Waals surface area (Å²) in [5.74, 6) is 0.148. The van der Waals surface area contributed by atoms with Crippen LogP contribution in [0.3, 0.4) is 0 Å². The van der Waals surface area contributed by atoms with Gasteiger partial charge >= 0.3 is 0 Å². The minimum Gasteiger partial charge on any atom is -0.348 e. The summed E-state index contributed by atoms with van der Waals surface area (Å²) in [6.45, 7) is 7.05. The second-order valence-electron chi connectivity index (χ2n) is 8.85. The molecule has 0 bridgehead atoms. The molecule has 1 N–H and O–H groups in total. The fourth-order valence-corrected chi connectivity index (χ4v) is 4.40. The van der Waals surface area contributed by atoms with E-state index >= 15 is 0 Å². The number of carbonyl (C=O) groups excluding carboxylic acids is 1. The van der Waals surface area contributed by atoms with Crippen molar-refractivity contribution in [2.24, 2.45) is 0 Å². The van der Waals surface area contributed by atoms with Crippen LogP contribution in [0.15, 0.2) is 6.20 Å². The van der Waals surface area contributed by atoms with Crippen molar-refractivity contribution in [3.05, 3.63) is 17.5 Å². The van der Waals surface area contributed by atoms with Gasteiger partial charge in [0.2, 0.25) is 5.91 Å². The van der Waals surface area contributed by atoms with Crippen molar-refractivity contribution in [3.8, 4) is 0 Å². The van der Waals surface area contributed by atoms with E-state index in [1.165, 1.54) is 43.4 Å². The van der Waals surface area contributed by atoms with Crippen molar-refractivity contribution in [2.75, 3.05) is 13.6 Å². The first-order chi connectivity index (χ1) is 11.9. The van der Waals surface area contributed by atoms with Gasteiger partial charge in [0.15, 0.2) is 0 Å². The lowest BCUT2D eigenvalue weighted by atomic mass is 9.92. The zero-order valence-corrected chi connectivity index (χ0v) is 16.3. The monoisotopic (exact) mass is 346 g/mol. The summed E-state index contributed by atoms with van der Waals surface area (Å²) in [6, 6.07) is 0.692. The van der Waals surface area contributed by atoms with Gasteiger partial charge in [-0.05, 0) is 59.9 Å². The number of fused-ring (bicyclic) bond motifs is 1. The van der Waals surface area contributed by atoms with Gasteiger partial charge in [-0.15, -0.1) is 0 Å². The summed E-state index contributed by atoms with van der Waals surface area (Å²) < 4.78 is 2.13. The predicted octanol–water partition coefficient (Wildman–Crippen LogP) is 3.40. The van der Waals surface area contributed by atoms with Crippen LogP contribution in [-0.4, -0.2) is 40.2 Å². The lowest BCUT2D eigenvalue weighted by Gasteiger charge is -2.32. The fraction of sp³-hybridized carbons (Fsp3) is 0.800. The third-order valence-corrected chi connectivity index (χ3v) is 5.74. The molecule has 1 saturated carbocycles. The van der Waals surface area contributed by atoms with Gasteiger partial charge in [-0.1, -0.05) is 19.3 Å². The molecule has 3 rings (SSSR count). The Bertz CT molecular complexity index is 595. The zero-order chi connectivity index (χ0) is 18.0. The first-order valence-corrected chi connectivity index (χ1v) is 9.93. The quantitative estimate of drug-likeness (QED) is 0.909. The van der Waals surface area contributed by atoms with Crippen molar-refractivity contribution < 1.29 is 4.79 Å². The van der Waals surface area contributed by atoms with Gasteiger partial charge in [0.1, 0.15) is 0 Å².